The zero-order valence-corrected chi connectivity index (χ0v) is 45.3. The summed E-state index contributed by atoms with van der Waals surface area (Å²) in [5.41, 5.74) is 41.8. The van der Waals surface area contributed by atoms with Crippen molar-refractivity contribution in [3.63, 3.8) is 0 Å². The maximum Gasteiger partial charge on any atom is 0.347 e. The topological polar surface area (TPSA) is 425 Å². The summed E-state index contributed by atoms with van der Waals surface area (Å²) in [6.07, 6.45) is -1.44. The lowest BCUT2D eigenvalue weighted by atomic mass is 10.00. The molecule has 2 atom stereocenters. The molecule has 0 aliphatic carbocycles. The summed E-state index contributed by atoms with van der Waals surface area (Å²) in [6, 6.07) is 30.0. The number of nitrogens with two attached hydrogens (primary N) is 7. The molecule has 79 heavy (non-hydrogen) atoms. The number of hydrogen-bond acceptors (Lipinski definition) is 20. The number of aromatic carboxylic acids is 2. The number of carbonyl (C=O) groups excluding carboxylic acids is 5. The number of halogens is 2. The Bertz CT molecular complexity index is 3530. The Morgan fingerprint density at radius 3 is 1.67 bits per heavy atom. The molecular formula is C53H45I2N9O15. The smallest absolute Gasteiger partial charge is 0.347 e. The van der Waals surface area contributed by atoms with E-state index in [4.69, 9.17) is 64.2 Å². The average molecular weight is 1300 g/mol. The minimum atomic E-state index is -1.46. The van der Waals surface area contributed by atoms with Crippen LogP contribution in [0.15, 0.2) is 133 Å². The number of ether oxygens (including phenoxy) is 4. The molecule has 0 radical (unpaired) electrons. The van der Waals surface area contributed by atoms with Crippen molar-refractivity contribution in [3.8, 4) is 11.5 Å². The number of nitrogen functional groups attached to an aromatic ring is 7. The third-order valence-electron chi connectivity index (χ3n) is 11.4. The fourth-order valence-electron chi connectivity index (χ4n) is 7.44. The van der Waals surface area contributed by atoms with Crippen LogP contribution in [0.4, 0.5) is 45.5 Å². The predicted octanol–water partition coefficient (Wildman–Crippen LogP) is 7.30. The molecule has 2 unspecified atom stereocenters. The molecule has 0 aromatic heterocycles. The first-order valence-corrected chi connectivity index (χ1v) is 24.7. The fourth-order valence-corrected chi connectivity index (χ4v) is 9.23. The number of nitrogens with zero attached hydrogens (tertiary/aromatic N) is 2. The van der Waals surface area contributed by atoms with Gasteiger partial charge < -0.3 is 69.3 Å². The van der Waals surface area contributed by atoms with Gasteiger partial charge in [-0.05, 0) is 148 Å². The van der Waals surface area contributed by atoms with E-state index in [-0.39, 0.29) is 61.8 Å². The Balaban J connectivity index is 0.000000245. The standard InChI is InChI=1S/C31H26N6O8.C15H12I2N2O5.C7H7NO2/c32-17-7-5-16(6-8-17)27(45-31(41)22-11-9-18(33)13-24(22)35)26(36-28(38)20-3-1-2-4-21(20)29(36)39)15-44-30(40)23-12-10-19(34)14-25(23)37(42)43;1-23-10-4-6(18)2-3-7(10)15(22)24-13-8(14(20)21)5-9(16)12(19)11(13)17;8-6-3-1-5(2-4-6)7(9)10/h1-14,26-27H,15,32-35H2;2-5H,18-19H2,1H3,(H,20,21);1-4H,8H2,(H,9,10). The lowest BCUT2D eigenvalue weighted by Crippen LogP contribution is -2.47. The van der Waals surface area contributed by atoms with Crippen LogP contribution >= 0.6 is 45.2 Å². The Morgan fingerprint density at radius 2 is 1.14 bits per heavy atom. The van der Waals surface area contributed by atoms with Gasteiger partial charge in [0.05, 0.1) is 43.5 Å². The molecule has 2 amide bonds. The summed E-state index contributed by atoms with van der Waals surface area (Å²) < 4.78 is 22.7. The third kappa shape index (κ3) is 13.8. The molecule has 0 bridgehead atoms. The van der Waals surface area contributed by atoms with Crippen molar-refractivity contribution in [2.45, 2.75) is 12.1 Å². The molecule has 7 aromatic carbocycles. The molecule has 0 fully saturated rings. The van der Waals surface area contributed by atoms with Crippen LogP contribution in [0.25, 0.3) is 0 Å². The van der Waals surface area contributed by atoms with Gasteiger partial charge in [-0.3, -0.25) is 24.6 Å². The van der Waals surface area contributed by atoms with Gasteiger partial charge in [0.15, 0.2) is 11.9 Å². The summed E-state index contributed by atoms with van der Waals surface area (Å²) in [5, 5.41) is 29.4. The van der Waals surface area contributed by atoms with E-state index in [0.717, 1.165) is 17.0 Å². The van der Waals surface area contributed by atoms with E-state index in [1.54, 1.807) is 24.3 Å². The van der Waals surface area contributed by atoms with E-state index >= 15 is 0 Å². The second-order valence-corrected chi connectivity index (χ2v) is 18.8. The van der Waals surface area contributed by atoms with Gasteiger partial charge in [-0.15, -0.1) is 0 Å². The van der Waals surface area contributed by atoms with Crippen LogP contribution in [0, 0.1) is 17.3 Å². The number of hydrogen-bond donors (Lipinski definition) is 9. The monoisotopic (exact) mass is 1300 g/mol. The number of carboxylic acid groups (broad SMARTS) is 2. The highest BCUT2D eigenvalue weighted by atomic mass is 127. The van der Waals surface area contributed by atoms with Crippen LogP contribution in [0.3, 0.4) is 0 Å². The Hall–Kier alpha value is -9.71. The van der Waals surface area contributed by atoms with Crippen molar-refractivity contribution in [2.75, 3.05) is 53.9 Å². The maximum atomic E-state index is 13.6. The van der Waals surface area contributed by atoms with Crippen molar-refractivity contribution in [1.29, 1.82) is 0 Å². The van der Waals surface area contributed by atoms with Crippen molar-refractivity contribution in [2.24, 2.45) is 0 Å². The van der Waals surface area contributed by atoms with Crippen LogP contribution in [0.1, 0.15) is 84.2 Å². The molecule has 8 rings (SSSR count). The van der Waals surface area contributed by atoms with Crippen molar-refractivity contribution < 1.29 is 67.6 Å². The van der Waals surface area contributed by atoms with Crippen LogP contribution in [0.5, 0.6) is 11.5 Å². The summed E-state index contributed by atoms with van der Waals surface area (Å²) in [4.78, 5) is 99.8. The number of nitro groups is 1. The second kappa shape index (κ2) is 25.4. The summed E-state index contributed by atoms with van der Waals surface area (Å²) in [6.45, 7) is -0.731. The van der Waals surface area contributed by atoms with Crippen LogP contribution in [-0.2, 0) is 9.47 Å². The predicted molar refractivity (Wildman–Crippen MR) is 306 cm³/mol. The number of fused-ring (bicyclic) bond motifs is 1. The molecular weight excluding hydrogens is 1260 g/mol. The van der Waals surface area contributed by atoms with Crippen molar-refractivity contribution >= 4 is 132 Å². The molecule has 16 N–H and O–H groups in total. The number of rotatable bonds is 14. The van der Waals surface area contributed by atoms with Gasteiger partial charge in [-0.25, -0.2) is 24.0 Å². The van der Waals surface area contributed by atoms with Crippen molar-refractivity contribution in [3.05, 3.63) is 195 Å². The minimum Gasteiger partial charge on any atom is -0.496 e. The molecule has 1 aliphatic heterocycles. The molecule has 1 heterocycles. The van der Waals surface area contributed by atoms with Gasteiger partial charge in [0.1, 0.15) is 35.1 Å². The number of nitro benzene ring substituents is 1. The zero-order chi connectivity index (χ0) is 58.0. The average Bonchev–Trinajstić information content (AvgIpc) is 3.95. The molecule has 0 saturated carbocycles. The molecule has 0 spiro atoms. The highest BCUT2D eigenvalue weighted by molar-refractivity contribution is 14.1. The van der Waals surface area contributed by atoms with Crippen LogP contribution in [0.2, 0.25) is 0 Å². The van der Waals surface area contributed by atoms with E-state index in [9.17, 15) is 48.8 Å². The van der Waals surface area contributed by atoms with Crippen molar-refractivity contribution in [1.82, 2.24) is 4.90 Å². The number of esters is 3. The van der Waals surface area contributed by atoms with Crippen LogP contribution < -0.4 is 49.6 Å². The van der Waals surface area contributed by atoms with Gasteiger partial charge in [0, 0.05) is 49.8 Å². The number of anilines is 7. The lowest BCUT2D eigenvalue weighted by molar-refractivity contribution is -0.385. The fraction of sp³-hybridized carbons (Fsp3) is 0.0755. The molecule has 7 aromatic rings. The Kier molecular flexibility index (Phi) is 18.8. The summed E-state index contributed by atoms with van der Waals surface area (Å²) in [5.74, 6) is -6.36. The minimum absolute atomic E-state index is 0.00965. The third-order valence-corrected chi connectivity index (χ3v) is 13.3. The van der Waals surface area contributed by atoms with E-state index < -0.39 is 76.6 Å². The van der Waals surface area contributed by atoms with Gasteiger partial charge in [-0.1, -0.05) is 24.3 Å². The lowest BCUT2D eigenvalue weighted by Gasteiger charge is -2.33. The van der Waals surface area contributed by atoms with E-state index in [1.165, 1.54) is 104 Å². The Morgan fingerprint density at radius 1 is 0.620 bits per heavy atom. The highest BCUT2D eigenvalue weighted by Gasteiger charge is 2.46. The number of amides is 2. The first kappa shape index (κ1) is 58.5. The normalized spacial score (nSPS) is 12.0. The summed E-state index contributed by atoms with van der Waals surface area (Å²) in [7, 11) is 1.39. The van der Waals surface area contributed by atoms with E-state index in [2.05, 4.69) is 0 Å². The number of benzene rings is 7. The highest BCUT2D eigenvalue weighted by Crippen LogP contribution is 2.37. The first-order chi connectivity index (χ1) is 37.4. The SMILES string of the molecule is COc1cc(N)ccc1C(=O)Oc1c(C(=O)O)cc(I)c(N)c1I.Nc1ccc(C(=O)O)cc1.Nc1ccc(C(OC(=O)c2ccc(N)cc2N)C(COC(=O)c2ccc(N)cc2[N+](=O)[O-])N2C(=O)c3ccccc3C2=O)cc1. The molecule has 0 saturated heterocycles. The zero-order valence-electron chi connectivity index (χ0n) is 41.0. The molecule has 406 valence electrons. The van der Waals surface area contributed by atoms with Crippen LogP contribution in [-0.4, -0.2) is 81.5 Å². The number of imide groups is 1. The van der Waals surface area contributed by atoms with Gasteiger partial charge in [0.25, 0.3) is 17.5 Å². The quantitative estimate of drug-likeness (QED) is 0.00980. The molecule has 1 aliphatic rings. The van der Waals surface area contributed by atoms with Gasteiger partial charge in [0.2, 0.25) is 0 Å². The Labute approximate surface area is 474 Å². The first-order valence-electron chi connectivity index (χ1n) is 22.6. The molecule has 24 nitrogen and oxygen atoms in total. The number of carboxylic acids is 2. The largest absolute Gasteiger partial charge is 0.496 e. The number of methoxy groups -OCH3 is 1. The summed E-state index contributed by atoms with van der Waals surface area (Å²) >= 11 is 3.76. The van der Waals surface area contributed by atoms with Gasteiger partial charge in [-0.2, -0.15) is 0 Å². The molecule has 26 heteroatoms. The van der Waals surface area contributed by atoms with E-state index in [1.807, 2.05) is 45.2 Å². The van der Waals surface area contributed by atoms with E-state index in [0.29, 0.717) is 35.6 Å². The van der Waals surface area contributed by atoms with Gasteiger partial charge >= 0.3 is 29.8 Å². The second-order valence-electron chi connectivity index (χ2n) is 16.6. The number of carbonyl (C=O) groups is 7. The maximum absolute atomic E-state index is 13.6.